The molecule has 4 heteroatoms. The van der Waals surface area contributed by atoms with Crippen LogP contribution >= 0.6 is 0 Å². The smallest absolute Gasteiger partial charge is 0.190 e. The van der Waals surface area contributed by atoms with Crippen LogP contribution in [0, 0.1) is 0 Å². The van der Waals surface area contributed by atoms with Gasteiger partial charge in [-0.25, -0.2) is 0 Å². The van der Waals surface area contributed by atoms with Crippen LogP contribution in [-0.2, 0) is 17.6 Å². The predicted octanol–water partition coefficient (Wildman–Crippen LogP) is 5.74. The Labute approximate surface area is 204 Å². The van der Waals surface area contributed by atoms with Crippen molar-refractivity contribution < 1.29 is 4.74 Å². The van der Waals surface area contributed by atoms with E-state index in [0.717, 1.165) is 25.3 Å². The zero-order valence-electron chi connectivity index (χ0n) is 20.5. The molecule has 1 saturated heterocycles. The number of rotatable bonds is 5. The van der Waals surface area contributed by atoms with Crippen LogP contribution in [-0.4, -0.2) is 53.1 Å². The summed E-state index contributed by atoms with van der Waals surface area (Å²) in [5, 5.41) is 0. The fourth-order valence-electron chi connectivity index (χ4n) is 6.63. The third-order valence-corrected chi connectivity index (χ3v) is 8.51. The number of hydrogen-bond donors (Lipinski definition) is 0. The molecular formula is C30H37N3O. The Morgan fingerprint density at radius 1 is 0.941 bits per heavy atom. The van der Waals surface area contributed by atoms with Gasteiger partial charge in [-0.05, 0) is 117 Å². The van der Waals surface area contributed by atoms with Crippen LogP contribution in [0.25, 0.3) is 11.1 Å². The topological polar surface area (TPSA) is 28.6 Å². The summed E-state index contributed by atoms with van der Waals surface area (Å²) in [5.74, 6) is 1.12. The average Bonchev–Trinajstić information content (AvgIpc) is 3.56. The Balaban J connectivity index is 1.30. The van der Waals surface area contributed by atoms with Crippen molar-refractivity contribution in [2.75, 3.05) is 20.1 Å². The lowest BCUT2D eigenvalue weighted by Crippen LogP contribution is -2.44. The lowest BCUT2D eigenvalue weighted by atomic mass is 9.82. The van der Waals surface area contributed by atoms with E-state index in [0.29, 0.717) is 18.2 Å². The molecule has 2 atom stereocenters. The summed E-state index contributed by atoms with van der Waals surface area (Å²) in [6, 6.07) is 12.2. The first kappa shape index (κ1) is 21.9. The Hall–Kier alpha value is -2.59. The number of aromatic nitrogens is 1. The minimum absolute atomic E-state index is 0.390. The lowest BCUT2D eigenvalue weighted by Gasteiger charge is -2.42. The van der Waals surface area contributed by atoms with Crippen LogP contribution in [0.2, 0.25) is 0 Å². The SMILES string of the molecule is CN1CCC[C@H]1C1=CC=C(OC2CCCC2)N([C@@H]2CCc3cccc(-c4ccncc4)c3C2)C1. The molecule has 0 unspecified atom stereocenters. The van der Waals surface area contributed by atoms with Crippen molar-refractivity contribution in [2.24, 2.45) is 0 Å². The van der Waals surface area contributed by atoms with Crippen LogP contribution in [0.1, 0.15) is 56.1 Å². The van der Waals surface area contributed by atoms with Gasteiger partial charge in [0.25, 0.3) is 0 Å². The summed E-state index contributed by atoms with van der Waals surface area (Å²) in [7, 11) is 2.29. The van der Waals surface area contributed by atoms with Crippen molar-refractivity contribution in [3.05, 3.63) is 77.5 Å². The molecule has 1 aromatic heterocycles. The number of fused-ring (bicyclic) bond motifs is 1. The summed E-state index contributed by atoms with van der Waals surface area (Å²) >= 11 is 0. The van der Waals surface area contributed by atoms with Crippen LogP contribution in [0.15, 0.2) is 66.3 Å². The maximum absolute atomic E-state index is 6.68. The van der Waals surface area contributed by atoms with Gasteiger partial charge in [-0.1, -0.05) is 24.3 Å². The number of allylic oxidation sites excluding steroid dienone is 2. The number of likely N-dealkylation sites (tertiary alicyclic amines) is 1. The maximum Gasteiger partial charge on any atom is 0.190 e. The molecule has 1 saturated carbocycles. The van der Waals surface area contributed by atoms with Gasteiger partial charge in [0.05, 0.1) is 0 Å². The van der Waals surface area contributed by atoms with Crippen molar-refractivity contribution >= 4 is 0 Å². The van der Waals surface area contributed by atoms with Crippen molar-refractivity contribution in [3.8, 4) is 11.1 Å². The number of aryl methyl sites for hydroxylation is 1. The Morgan fingerprint density at radius 2 is 1.79 bits per heavy atom. The lowest BCUT2D eigenvalue weighted by molar-refractivity contribution is 0.0345. The molecule has 0 amide bonds. The fourth-order valence-corrected chi connectivity index (χ4v) is 6.63. The van der Waals surface area contributed by atoms with Gasteiger partial charge in [0.1, 0.15) is 6.10 Å². The molecule has 0 spiro atoms. The number of benzene rings is 1. The van der Waals surface area contributed by atoms with E-state index in [2.05, 4.69) is 64.3 Å². The summed E-state index contributed by atoms with van der Waals surface area (Å²) in [4.78, 5) is 9.41. The molecule has 0 bridgehead atoms. The van der Waals surface area contributed by atoms with E-state index in [1.54, 1.807) is 5.57 Å². The summed E-state index contributed by atoms with van der Waals surface area (Å²) < 4.78 is 6.68. The number of pyridine rings is 1. The predicted molar refractivity (Wildman–Crippen MR) is 137 cm³/mol. The largest absolute Gasteiger partial charge is 0.476 e. The van der Waals surface area contributed by atoms with E-state index in [-0.39, 0.29) is 0 Å². The second-order valence-corrected chi connectivity index (χ2v) is 10.6. The molecule has 2 fully saturated rings. The van der Waals surface area contributed by atoms with Gasteiger partial charge in [-0.2, -0.15) is 0 Å². The third kappa shape index (κ3) is 4.29. The van der Waals surface area contributed by atoms with Gasteiger partial charge in [-0.15, -0.1) is 0 Å². The Bertz CT molecular complexity index is 1070. The number of nitrogens with zero attached hydrogens (tertiary/aromatic N) is 3. The van der Waals surface area contributed by atoms with Gasteiger partial charge in [0.2, 0.25) is 0 Å². The van der Waals surface area contributed by atoms with E-state index in [4.69, 9.17) is 4.74 Å². The molecule has 3 heterocycles. The fraction of sp³-hybridized carbons (Fsp3) is 0.500. The van der Waals surface area contributed by atoms with Crippen molar-refractivity contribution in [2.45, 2.75) is 76.0 Å². The van der Waals surface area contributed by atoms with Gasteiger partial charge in [-0.3, -0.25) is 9.88 Å². The van der Waals surface area contributed by atoms with Crippen LogP contribution in [0.3, 0.4) is 0 Å². The minimum atomic E-state index is 0.390. The summed E-state index contributed by atoms with van der Waals surface area (Å²) in [6.07, 6.45) is 19.9. The monoisotopic (exact) mass is 455 g/mol. The molecule has 6 rings (SSSR count). The number of likely N-dealkylation sites (N-methyl/N-ethyl adjacent to an activating group) is 1. The Kier molecular flexibility index (Phi) is 6.17. The highest BCUT2D eigenvalue weighted by molar-refractivity contribution is 5.69. The van der Waals surface area contributed by atoms with Crippen molar-refractivity contribution in [1.82, 2.24) is 14.8 Å². The molecule has 1 aromatic carbocycles. The first-order valence-corrected chi connectivity index (χ1v) is 13.3. The van der Waals surface area contributed by atoms with Gasteiger partial charge in [0.15, 0.2) is 5.88 Å². The highest BCUT2D eigenvalue weighted by Gasteiger charge is 2.34. The normalized spacial score (nSPS) is 25.7. The molecule has 0 radical (unpaired) electrons. The first-order chi connectivity index (χ1) is 16.8. The minimum Gasteiger partial charge on any atom is -0.476 e. The maximum atomic E-state index is 6.68. The van der Waals surface area contributed by atoms with Crippen LogP contribution < -0.4 is 0 Å². The second-order valence-electron chi connectivity index (χ2n) is 10.6. The molecular weight excluding hydrogens is 418 g/mol. The van der Waals surface area contributed by atoms with Gasteiger partial charge >= 0.3 is 0 Å². The molecule has 0 N–H and O–H groups in total. The average molecular weight is 456 g/mol. The summed E-state index contributed by atoms with van der Waals surface area (Å²) in [6.45, 7) is 2.22. The molecule has 4 aliphatic rings. The Morgan fingerprint density at radius 3 is 2.59 bits per heavy atom. The van der Waals surface area contributed by atoms with Gasteiger partial charge in [0, 0.05) is 31.0 Å². The standard InChI is InChI=1S/C30H37N3O/c1-32-19-5-10-29(32)24-12-14-30(34-26-7-2-3-8-26)33(21-24)25-13-11-22-6-4-9-27(28(22)20-25)23-15-17-31-18-16-23/h4,6,9,12,14-18,25-26,29H,2-3,5,7-8,10-11,13,19-21H2,1H3/t25-,29+/m1/s1. The molecule has 178 valence electrons. The quantitative estimate of drug-likeness (QED) is 0.575. The molecule has 2 aliphatic carbocycles. The van der Waals surface area contributed by atoms with Crippen molar-refractivity contribution in [1.29, 1.82) is 0 Å². The third-order valence-electron chi connectivity index (χ3n) is 8.51. The first-order valence-electron chi connectivity index (χ1n) is 13.3. The second kappa shape index (κ2) is 9.58. The molecule has 2 aliphatic heterocycles. The van der Waals surface area contributed by atoms with E-state index in [1.807, 2.05) is 12.4 Å². The highest BCUT2D eigenvalue weighted by atomic mass is 16.5. The van der Waals surface area contributed by atoms with E-state index >= 15 is 0 Å². The zero-order chi connectivity index (χ0) is 22.9. The van der Waals surface area contributed by atoms with E-state index in [9.17, 15) is 0 Å². The van der Waals surface area contributed by atoms with Gasteiger partial charge < -0.3 is 9.64 Å². The molecule has 4 nitrogen and oxygen atoms in total. The van der Waals surface area contributed by atoms with Crippen LogP contribution in [0.4, 0.5) is 0 Å². The number of hydrogen-bond acceptors (Lipinski definition) is 4. The summed E-state index contributed by atoms with van der Waals surface area (Å²) in [5.41, 5.74) is 7.23. The van der Waals surface area contributed by atoms with E-state index < -0.39 is 0 Å². The van der Waals surface area contributed by atoms with Crippen molar-refractivity contribution in [3.63, 3.8) is 0 Å². The molecule has 2 aromatic rings. The highest BCUT2D eigenvalue weighted by Crippen LogP contribution is 2.37. The van der Waals surface area contributed by atoms with Crippen LogP contribution in [0.5, 0.6) is 0 Å². The number of ether oxygens (including phenoxy) is 1. The van der Waals surface area contributed by atoms with E-state index in [1.165, 1.54) is 73.7 Å². The molecule has 34 heavy (non-hydrogen) atoms. The zero-order valence-corrected chi connectivity index (χ0v) is 20.5.